The standard InChI is InChI=1S/C14H22O2Si/c1-5-13(4)17(15-6-2,16-7-3)14-11-9-8-10-12-14/h5,8-13H,1,6-7H2,2-4H3/t13-/m0/s1. The highest BCUT2D eigenvalue weighted by atomic mass is 28.4. The Bertz CT molecular complexity index is 331. The summed E-state index contributed by atoms with van der Waals surface area (Å²) < 4.78 is 12.1. The predicted molar refractivity (Wildman–Crippen MR) is 74.7 cm³/mol. The molecule has 0 N–H and O–H groups in total. The fourth-order valence-corrected chi connectivity index (χ4v) is 5.28. The van der Waals surface area contributed by atoms with Crippen LogP contribution in [0.3, 0.4) is 0 Å². The molecule has 0 aliphatic rings. The molecule has 0 unspecified atom stereocenters. The zero-order valence-electron chi connectivity index (χ0n) is 11.0. The van der Waals surface area contributed by atoms with Crippen molar-refractivity contribution in [2.75, 3.05) is 13.2 Å². The highest BCUT2D eigenvalue weighted by Gasteiger charge is 2.44. The lowest BCUT2D eigenvalue weighted by atomic mass is 10.4. The van der Waals surface area contributed by atoms with Gasteiger partial charge < -0.3 is 8.85 Å². The van der Waals surface area contributed by atoms with Crippen LogP contribution < -0.4 is 5.19 Å². The van der Waals surface area contributed by atoms with E-state index < -0.39 is 8.56 Å². The molecule has 0 aliphatic heterocycles. The molecule has 94 valence electrons. The van der Waals surface area contributed by atoms with Crippen LogP contribution >= 0.6 is 0 Å². The van der Waals surface area contributed by atoms with Gasteiger partial charge in [0, 0.05) is 18.8 Å². The second-order valence-corrected chi connectivity index (χ2v) is 7.32. The van der Waals surface area contributed by atoms with Crippen LogP contribution in [0.2, 0.25) is 5.54 Å². The Hall–Kier alpha value is -0.903. The van der Waals surface area contributed by atoms with Crippen molar-refractivity contribution < 1.29 is 8.85 Å². The maximum Gasteiger partial charge on any atom is 0.379 e. The first-order valence-corrected chi connectivity index (χ1v) is 8.06. The average Bonchev–Trinajstić information content (AvgIpc) is 2.38. The zero-order valence-corrected chi connectivity index (χ0v) is 12.0. The van der Waals surface area contributed by atoms with Crippen molar-refractivity contribution in [1.82, 2.24) is 0 Å². The summed E-state index contributed by atoms with van der Waals surface area (Å²) in [6.45, 7) is 11.4. The largest absolute Gasteiger partial charge is 0.391 e. The quantitative estimate of drug-likeness (QED) is 0.547. The molecule has 1 atom stereocenters. The minimum atomic E-state index is -2.39. The molecule has 0 amide bonds. The molecule has 0 fully saturated rings. The molecule has 0 aromatic heterocycles. The van der Waals surface area contributed by atoms with Gasteiger partial charge in [0.15, 0.2) is 0 Å². The molecule has 0 saturated heterocycles. The van der Waals surface area contributed by atoms with E-state index in [-0.39, 0.29) is 5.54 Å². The highest BCUT2D eigenvalue weighted by molar-refractivity contribution is 6.82. The minimum Gasteiger partial charge on any atom is -0.391 e. The third-order valence-corrected chi connectivity index (χ3v) is 6.85. The molecule has 0 saturated carbocycles. The van der Waals surface area contributed by atoms with E-state index in [1.807, 2.05) is 38.1 Å². The third-order valence-electron chi connectivity index (χ3n) is 2.85. The van der Waals surface area contributed by atoms with Gasteiger partial charge in [-0.05, 0) is 19.0 Å². The van der Waals surface area contributed by atoms with E-state index in [0.717, 1.165) is 0 Å². The van der Waals surface area contributed by atoms with Gasteiger partial charge >= 0.3 is 8.56 Å². The van der Waals surface area contributed by atoms with Crippen LogP contribution in [0.15, 0.2) is 43.0 Å². The Morgan fingerprint density at radius 2 is 1.71 bits per heavy atom. The fraction of sp³-hybridized carbons (Fsp3) is 0.429. The Kier molecular flexibility index (Phi) is 5.61. The normalized spacial score (nSPS) is 13.4. The Balaban J connectivity index is 3.18. The number of allylic oxidation sites excluding steroid dienone is 1. The van der Waals surface area contributed by atoms with Crippen LogP contribution in [0, 0.1) is 0 Å². The summed E-state index contributed by atoms with van der Waals surface area (Å²) in [5.41, 5.74) is 0.227. The Labute approximate surface area is 106 Å². The fourth-order valence-electron chi connectivity index (χ4n) is 1.99. The maximum atomic E-state index is 6.05. The van der Waals surface area contributed by atoms with E-state index in [4.69, 9.17) is 8.85 Å². The van der Waals surface area contributed by atoms with Crippen LogP contribution in [-0.2, 0) is 8.85 Å². The SMILES string of the molecule is C=C[C@H](C)[Si](OCC)(OCC)c1ccccc1. The van der Waals surface area contributed by atoms with E-state index in [1.165, 1.54) is 5.19 Å². The van der Waals surface area contributed by atoms with E-state index in [0.29, 0.717) is 13.2 Å². The van der Waals surface area contributed by atoms with Gasteiger partial charge in [0.25, 0.3) is 0 Å². The monoisotopic (exact) mass is 250 g/mol. The van der Waals surface area contributed by atoms with Crippen molar-refractivity contribution in [1.29, 1.82) is 0 Å². The van der Waals surface area contributed by atoms with Crippen molar-refractivity contribution in [3.63, 3.8) is 0 Å². The first-order chi connectivity index (χ1) is 8.21. The van der Waals surface area contributed by atoms with Gasteiger partial charge in [0.05, 0.1) is 0 Å². The van der Waals surface area contributed by atoms with Gasteiger partial charge in [-0.25, -0.2) is 0 Å². The summed E-state index contributed by atoms with van der Waals surface area (Å²) in [5, 5.41) is 1.18. The Morgan fingerprint density at radius 1 is 1.18 bits per heavy atom. The molecule has 0 radical (unpaired) electrons. The van der Waals surface area contributed by atoms with Crippen LogP contribution in [0.1, 0.15) is 20.8 Å². The lowest BCUT2D eigenvalue weighted by molar-refractivity contribution is 0.191. The Morgan fingerprint density at radius 3 is 2.12 bits per heavy atom. The molecule has 0 spiro atoms. The van der Waals surface area contributed by atoms with Gasteiger partial charge in [-0.3, -0.25) is 0 Å². The van der Waals surface area contributed by atoms with Crippen molar-refractivity contribution >= 4 is 13.7 Å². The summed E-state index contributed by atoms with van der Waals surface area (Å²) in [6, 6.07) is 10.3. The predicted octanol–water partition coefficient (Wildman–Crippen LogP) is 2.98. The van der Waals surface area contributed by atoms with Crippen LogP contribution in [0.4, 0.5) is 0 Å². The maximum absolute atomic E-state index is 6.05. The molecule has 0 heterocycles. The molecule has 1 rings (SSSR count). The van der Waals surface area contributed by atoms with Crippen molar-refractivity contribution in [3.05, 3.63) is 43.0 Å². The number of rotatable bonds is 7. The van der Waals surface area contributed by atoms with Crippen molar-refractivity contribution in [2.45, 2.75) is 26.3 Å². The number of benzene rings is 1. The number of hydrogen-bond acceptors (Lipinski definition) is 2. The van der Waals surface area contributed by atoms with Crippen LogP contribution in [0.5, 0.6) is 0 Å². The highest BCUT2D eigenvalue weighted by Crippen LogP contribution is 2.25. The molecule has 2 nitrogen and oxygen atoms in total. The van der Waals surface area contributed by atoms with Crippen molar-refractivity contribution in [3.8, 4) is 0 Å². The summed E-state index contributed by atoms with van der Waals surface area (Å²) >= 11 is 0. The molecular formula is C14H22O2Si. The molecule has 3 heteroatoms. The third kappa shape index (κ3) is 3.06. The minimum absolute atomic E-state index is 0.227. The first kappa shape index (κ1) is 14.2. The average molecular weight is 250 g/mol. The second-order valence-electron chi connectivity index (χ2n) is 3.92. The van der Waals surface area contributed by atoms with E-state index in [9.17, 15) is 0 Å². The molecule has 1 aromatic rings. The summed E-state index contributed by atoms with van der Waals surface area (Å²) in [4.78, 5) is 0. The van der Waals surface area contributed by atoms with Crippen LogP contribution in [0.25, 0.3) is 0 Å². The molecule has 17 heavy (non-hydrogen) atoms. The van der Waals surface area contributed by atoms with E-state index in [1.54, 1.807) is 0 Å². The van der Waals surface area contributed by atoms with Gasteiger partial charge in [0.1, 0.15) is 0 Å². The second kappa shape index (κ2) is 6.74. The summed E-state index contributed by atoms with van der Waals surface area (Å²) in [5.74, 6) is 0. The van der Waals surface area contributed by atoms with Gasteiger partial charge in [-0.15, -0.1) is 6.58 Å². The summed E-state index contributed by atoms with van der Waals surface area (Å²) in [7, 11) is -2.39. The smallest absolute Gasteiger partial charge is 0.379 e. The molecule has 1 aromatic carbocycles. The van der Waals surface area contributed by atoms with E-state index in [2.05, 4.69) is 25.6 Å². The lowest BCUT2D eigenvalue weighted by Crippen LogP contribution is -2.56. The topological polar surface area (TPSA) is 18.5 Å². The first-order valence-electron chi connectivity index (χ1n) is 6.17. The van der Waals surface area contributed by atoms with E-state index >= 15 is 0 Å². The number of hydrogen-bond donors (Lipinski definition) is 0. The van der Waals surface area contributed by atoms with Gasteiger partial charge in [-0.2, -0.15) is 0 Å². The lowest BCUT2D eigenvalue weighted by Gasteiger charge is -2.34. The molecule has 0 aliphatic carbocycles. The van der Waals surface area contributed by atoms with Gasteiger partial charge in [-0.1, -0.05) is 43.3 Å². The molecular weight excluding hydrogens is 228 g/mol. The van der Waals surface area contributed by atoms with Crippen LogP contribution in [-0.4, -0.2) is 21.8 Å². The zero-order chi connectivity index (χ0) is 12.7. The molecule has 0 bridgehead atoms. The van der Waals surface area contributed by atoms with Crippen molar-refractivity contribution in [2.24, 2.45) is 0 Å². The van der Waals surface area contributed by atoms with Gasteiger partial charge in [0.2, 0.25) is 0 Å². The summed E-state index contributed by atoms with van der Waals surface area (Å²) in [6.07, 6.45) is 1.94.